The van der Waals surface area contributed by atoms with E-state index in [-0.39, 0.29) is 0 Å². The van der Waals surface area contributed by atoms with Crippen LogP contribution in [0.5, 0.6) is 0 Å². The van der Waals surface area contributed by atoms with Gasteiger partial charge in [0.05, 0.1) is 0 Å². The largest absolute Gasteiger partial charge is 0.0528 e. The molecule has 1 saturated carbocycles. The number of hydrogen-bond acceptors (Lipinski definition) is 0. The van der Waals surface area contributed by atoms with E-state index in [4.69, 9.17) is 0 Å². The molecule has 0 aliphatic heterocycles. The van der Waals surface area contributed by atoms with Crippen LogP contribution in [0.2, 0.25) is 0 Å². The monoisotopic (exact) mass is 216 g/mol. The Labute approximate surface area is 100 Å². The molecule has 2 rings (SSSR count). The van der Waals surface area contributed by atoms with E-state index in [1.165, 1.54) is 42.4 Å². The minimum atomic E-state index is 0.971. The first-order chi connectivity index (χ1) is 7.52. The lowest BCUT2D eigenvalue weighted by Gasteiger charge is -2.28. The number of benzene rings is 1. The fraction of sp³-hybridized carbons (Fsp3) is 0.625. The second-order valence-corrected chi connectivity index (χ2v) is 5.60. The molecule has 0 spiro atoms. The fourth-order valence-electron chi connectivity index (χ4n) is 2.87. The zero-order valence-corrected chi connectivity index (χ0v) is 11.4. The first-order valence-electron chi connectivity index (χ1n) is 6.58. The van der Waals surface area contributed by atoms with Crippen LogP contribution in [-0.2, 0) is 6.42 Å². The third kappa shape index (κ3) is 1.79. The summed E-state index contributed by atoms with van der Waals surface area (Å²) in [5.41, 5.74) is 9.26. The summed E-state index contributed by atoms with van der Waals surface area (Å²) in [7, 11) is 0. The van der Waals surface area contributed by atoms with Crippen LogP contribution >= 0.6 is 0 Å². The molecule has 88 valence electrons. The van der Waals surface area contributed by atoms with Crippen molar-refractivity contribution in [3.05, 3.63) is 33.4 Å². The van der Waals surface area contributed by atoms with Gasteiger partial charge in [-0.1, -0.05) is 19.3 Å². The van der Waals surface area contributed by atoms with E-state index in [2.05, 4.69) is 34.6 Å². The van der Waals surface area contributed by atoms with Gasteiger partial charge in [0.2, 0.25) is 0 Å². The molecule has 0 bridgehead atoms. The summed E-state index contributed by atoms with van der Waals surface area (Å²) in [5.74, 6) is 0.971. The average Bonchev–Trinajstić information content (AvgIpc) is 2.21. The van der Waals surface area contributed by atoms with Gasteiger partial charge in [-0.15, -0.1) is 0 Å². The zero-order valence-electron chi connectivity index (χ0n) is 11.4. The molecule has 16 heavy (non-hydrogen) atoms. The Bertz CT molecular complexity index is 380. The molecule has 0 heteroatoms. The van der Waals surface area contributed by atoms with Gasteiger partial charge in [-0.2, -0.15) is 0 Å². The quantitative estimate of drug-likeness (QED) is 0.679. The van der Waals surface area contributed by atoms with Crippen molar-refractivity contribution in [2.45, 2.75) is 60.3 Å². The van der Waals surface area contributed by atoms with Crippen LogP contribution < -0.4 is 0 Å². The van der Waals surface area contributed by atoms with Crippen molar-refractivity contribution in [3.8, 4) is 0 Å². The fourth-order valence-corrected chi connectivity index (χ4v) is 2.87. The van der Waals surface area contributed by atoms with Gasteiger partial charge in [0, 0.05) is 0 Å². The molecule has 1 aromatic carbocycles. The molecule has 0 aromatic heterocycles. The Balaban J connectivity index is 2.42. The van der Waals surface area contributed by atoms with Gasteiger partial charge in [-0.25, -0.2) is 0 Å². The maximum Gasteiger partial charge on any atom is -0.0245 e. The predicted octanol–water partition coefficient (Wildman–Crippen LogP) is 4.57. The van der Waals surface area contributed by atoms with Crippen molar-refractivity contribution in [2.75, 3.05) is 0 Å². The highest BCUT2D eigenvalue weighted by Crippen LogP contribution is 2.34. The molecule has 0 radical (unpaired) electrons. The van der Waals surface area contributed by atoms with E-state index >= 15 is 0 Å². The van der Waals surface area contributed by atoms with Gasteiger partial charge in [-0.3, -0.25) is 0 Å². The lowest BCUT2D eigenvalue weighted by atomic mass is 9.77. The summed E-state index contributed by atoms with van der Waals surface area (Å²) in [6.45, 7) is 11.4. The Hall–Kier alpha value is -0.780. The normalized spacial score (nSPS) is 16.3. The molecule has 0 atom stereocenters. The molecule has 0 heterocycles. The Morgan fingerprint density at radius 2 is 1.19 bits per heavy atom. The molecule has 1 aliphatic carbocycles. The van der Waals surface area contributed by atoms with E-state index < -0.39 is 0 Å². The van der Waals surface area contributed by atoms with E-state index in [1.54, 1.807) is 16.7 Å². The molecule has 0 nitrogen and oxygen atoms in total. The smallest absolute Gasteiger partial charge is 0.0245 e. The van der Waals surface area contributed by atoms with Crippen LogP contribution in [0, 0.1) is 40.5 Å². The van der Waals surface area contributed by atoms with Crippen molar-refractivity contribution in [1.29, 1.82) is 0 Å². The number of hydrogen-bond donors (Lipinski definition) is 0. The highest BCUT2D eigenvalue weighted by atomic mass is 14.3. The molecule has 0 N–H and O–H groups in total. The molecule has 1 aliphatic rings. The Morgan fingerprint density at radius 3 is 1.56 bits per heavy atom. The molecule has 0 unspecified atom stereocenters. The highest BCUT2D eigenvalue weighted by molar-refractivity contribution is 5.49. The Kier molecular flexibility index (Phi) is 3.10. The first-order valence-corrected chi connectivity index (χ1v) is 6.58. The third-order valence-electron chi connectivity index (χ3n) is 4.87. The van der Waals surface area contributed by atoms with Crippen LogP contribution in [0.15, 0.2) is 0 Å². The van der Waals surface area contributed by atoms with Gasteiger partial charge >= 0.3 is 0 Å². The van der Waals surface area contributed by atoms with Gasteiger partial charge in [0.15, 0.2) is 0 Å². The summed E-state index contributed by atoms with van der Waals surface area (Å²) >= 11 is 0. The molecular formula is C16H24. The van der Waals surface area contributed by atoms with Gasteiger partial charge < -0.3 is 0 Å². The van der Waals surface area contributed by atoms with Crippen LogP contribution in [0.25, 0.3) is 0 Å². The predicted molar refractivity (Wildman–Crippen MR) is 71.2 cm³/mol. The van der Waals surface area contributed by atoms with Crippen LogP contribution in [-0.4, -0.2) is 0 Å². The summed E-state index contributed by atoms with van der Waals surface area (Å²) < 4.78 is 0. The zero-order chi connectivity index (χ0) is 11.9. The molecule has 0 amide bonds. The van der Waals surface area contributed by atoms with Crippen LogP contribution in [0.3, 0.4) is 0 Å². The maximum absolute atomic E-state index is 2.31. The second-order valence-electron chi connectivity index (χ2n) is 5.60. The lowest BCUT2D eigenvalue weighted by molar-refractivity contribution is 0.313. The van der Waals surface area contributed by atoms with E-state index in [9.17, 15) is 0 Å². The van der Waals surface area contributed by atoms with Crippen LogP contribution in [0.1, 0.15) is 52.6 Å². The van der Waals surface area contributed by atoms with E-state index in [0.29, 0.717) is 0 Å². The minimum Gasteiger partial charge on any atom is -0.0528 e. The highest BCUT2D eigenvalue weighted by Gasteiger charge is 2.21. The lowest BCUT2D eigenvalue weighted by Crippen LogP contribution is -2.16. The standard InChI is InChI=1S/C16H24/c1-10-11(2)13(4)16(14(5)12(10)3)9-15-7-6-8-15/h15H,6-9H2,1-5H3. The molecule has 1 fully saturated rings. The minimum absolute atomic E-state index is 0.971. The second kappa shape index (κ2) is 4.24. The van der Waals surface area contributed by atoms with Crippen molar-refractivity contribution in [2.24, 2.45) is 5.92 Å². The molecule has 1 aromatic rings. The average molecular weight is 216 g/mol. The Morgan fingerprint density at radius 1 is 0.750 bits per heavy atom. The van der Waals surface area contributed by atoms with Crippen molar-refractivity contribution < 1.29 is 0 Å². The van der Waals surface area contributed by atoms with Gasteiger partial charge in [0.1, 0.15) is 0 Å². The number of rotatable bonds is 2. The summed E-state index contributed by atoms with van der Waals surface area (Å²) in [5, 5.41) is 0. The van der Waals surface area contributed by atoms with Crippen molar-refractivity contribution >= 4 is 0 Å². The molecule has 0 saturated heterocycles. The summed E-state index contributed by atoms with van der Waals surface area (Å²) in [4.78, 5) is 0. The summed E-state index contributed by atoms with van der Waals surface area (Å²) in [6, 6.07) is 0. The van der Waals surface area contributed by atoms with E-state index in [1.807, 2.05) is 0 Å². The van der Waals surface area contributed by atoms with Gasteiger partial charge in [0.25, 0.3) is 0 Å². The van der Waals surface area contributed by atoms with E-state index in [0.717, 1.165) is 5.92 Å². The SMILES string of the molecule is Cc1c(C)c(C)c(CC2CCC2)c(C)c1C. The van der Waals surface area contributed by atoms with Gasteiger partial charge in [-0.05, 0) is 80.3 Å². The first kappa shape index (κ1) is 11.7. The maximum atomic E-state index is 2.31. The topological polar surface area (TPSA) is 0 Å². The molecular weight excluding hydrogens is 192 g/mol. The van der Waals surface area contributed by atoms with Crippen molar-refractivity contribution in [1.82, 2.24) is 0 Å². The summed E-state index contributed by atoms with van der Waals surface area (Å²) in [6.07, 6.45) is 5.67. The third-order valence-corrected chi connectivity index (χ3v) is 4.87. The van der Waals surface area contributed by atoms with Crippen LogP contribution in [0.4, 0.5) is 0 Å². The van der Waals surface area contributed by atoms with Crippen molar-refractivity contribution in [3.63, 3.8) is 0 Å².